The molecular formula is C19H24N4O3S. The largest absolute Gasteiger partial charge is 0.343 e. The van der Waals surface area contributed by atoms with Crippen LogP contribution in [-0.2, 0) is 10.3 Å². The molecule has 3 heterocycles. The maximum atomic E-state index is 13.1. The zero-order valence-electron chi connectivity index (χ0n) is 15.4. The van der Waals surface area contributed by atoms with Crippen molar-refractivity contribution < 1.29 is 14.1 Å². The lowest BCUT2D eigenvalue weighted by Crippen LogP contribution is -2.51. The van der Waals surface area contributed by atoms with E-state index in [4.69, 9.17) is 4.52 Å². The Morgan fingerprint density at radius 2 is 2.15 bits per heavy atom. The second-order valence-electron chi connectivity index (χ2n) is 7.48. The van der Waals surface area contributed by atoms with Crippen molar-refractivity contribution >= 4 is 23.2 Å². The number of aryl methyl sites for hydroxylation is 1. The molecule has 0 aromatic carbocycles. The van der Waals surface area contributed by atoms with Gasteiger partial charge in [-0.2, -0.15) is 4.98 Å². The molecule has 1 aliphatic carbocycles. The standard InChI is InChI=1S/C19H24N4O3S/c1-13-20-18(22-26-13)19(8-2-3-9-19)21-16(24)14-6-4-10-23(12-14)17(25)15-7-5-11-27-15/h5,7,11,14H,2-4,6,8-10,12H2,1H3,(H,21,24). The zero-order chi connectivity index (χ0) is 18.9. The molecule has 8 heteroatoms. The van der Waals surface area contributed by atoms with Crippen LogP contribution in [0, 0.1) is 12.8 Å². The van der Waals surface area contributed by atoms with E-state index in [0.29, 0.717) is 24.8 Å². The fourth-order valence-corrected chi connectivity index (χ4v) is 4.84. The first-order chi connectivity index (χ1) is 13.1. The van der Waals surface area contributed by atoms with E-state index < -0.39 is 5.54 Å². The lowest BCUT2D eigenvalue weighted by Gasteiger charge is -2.34. The molecule has 27 heavy (non-hydrogen) atoms. The quantitative estimate of drug-likeness (QED) is 0.870. The first-order valence-electron chi connectivity index (χ1n) is 9.53. The van der Waals surface area contributed by atoms with Crippen LogP contribution in [0.25, 0.3) is 0 Å². The number of piperidine rings is 1. The highest BCUT2D eigenvalue weighted by atomic mass is 32.1. The summed E-state index contributed by atoms with van der Waals surface area (Å²) in [5, 5.41) is 9.21. The van der Waals surface area contributed by atoms with Crippen molar-refractivity contribution in [3.05, 3.63) is 34.1 Å². The van der Waals surface area contributed by atoms with Crippen LogP contribution < -0.4 is 5.32 Å². The van der Waals surface area contributed by atoms with E-state index in [1.54, 1.807) is 11.8 Å². The molecule has 2 aromatic rings. The average Bonchev–Trinajstić information content (AvgIpc) is 3.43. The number of carbonyl (C=O) groups excluding carboxylic acids is 2. The van der Waals surface area contributed by atoms with E-state index >= 15 is 0 Å². The Bertz CT molecular complexity index is 811. The summed E-state index contributed by atoms with van der Waals surface area (Å²) >= 11 is 1.44. The fourth-order valence-electron chi connectivity index (χ4n) is 4.15. The summed E-state index contributed by atoms with van der Waals surface area (Å²) in [5.41, 5.74) is -0.533. The second kappa shape index (κ2) is 7.42. The maximum absolute atomic E-state index is 13.1. The van der Waals surface area contributed by atoms with Gasteiger partial charge < -0.3 is 14.7 Å². The van der Waals surface area contributed by atoms with Gasteiger partial charge in [0.15, 0.2) is 5.82 Å². The molecule has 0 radical (unpaired) electrons. The molecule has 4 rings (SSSR count). The number of hydrogen-bond donors (Lipinski definition) is 1. The molecule has 1 saturated heterocycles. The Kier molecular flexibility index (Phi) is 4.99. The molecule has 2 fully saturated rings. The number of likely N-dealkylation sites (tertiary alicyclic amines) is 1. The summed E-state index contributed by atoms with van der Waals surface area (Å²) in [5.74, 6) is 0.895. The van der Waals surface area contributed by atoms with Gasteiger partial charge in [0.25, 0.3) is 5.91 Å². The van der Waals surface area contributed by atoms with Crippen LogP contribution >= 0.6 is 11.3 Å². The first kappa shape index (κ1) is 18.2. The number of rotatable bonds is 4. The smallest absolute Gasteiger partial charge is 0.263 e. The third-order valence-electron chi connectivity index (χ3n) is 5.59. The molecule has 7 nitrogen and oxygen atoms in total. The highest BCUT2D eigenvalue weighted by molar-refractivity contribution is 7.12. The van der Waals surface area contributed by atoms with Gasteiger partial charge in [-0.05, 0) is 37.1 Å². The normalized spacial score (nSPS) is 22.0. The van der Waals surface area contributed by atoms with Crippen LogP contribution in [0.4, 0.5) is 0 Å². The summed E-state index contributed by atoms with van der Waals surface area (Å²) < 4.78 is 5.15. The molecule has 1 N–H and O–H groups in total. The number of nitrogens with zero attached hydrogens (tertiary/aromatic N) is 3. The fraction of sp³-hybridized carbons (Fsp3) is 0.579. The van der Waals surface area contributed by atoms with Gasteiger partial charge in [-0.25, -0.2) is 0 Å². The summed E-state index contributed by atoms with van der Waals surface area (Å²) in [4.78, 5) is 32.6. The molecule has 144 valence electrons. The van der Waals surface area contributed by atoms with Crippen molar-refractivity contribution in [3.8, 4) is 0 Å². The van der Waals surface area contributed by atoms with Crippen molar-refractivity contribution in [2.45, 2.75) is 51.0 Å². The summed E-state index contributed by atoms with van der Waals surface area (Å²) in [7, 11) is 0. The van der Waals surface area contributed by atoms with Gasteiger partial charge in [-0.3, -0.25) is 9.59 Å². The Labute approximate surface area is 162 Å². The monoisotopic (exact) mass is 388 g/mol. The molecular weight excluding hydrogens is 364 g/mol. The number of amides is 2. The Morgan fingerprint density at radius 1 is 1.33 bits per heavy atom. The molecule has 0 bridgehead atoms. The molecule has 1 unspecified atom stereocenters. The van der Waals surface area contributed by atoms with E-state index in [2.05, 4.69) is 15.5 Å². The van der Waals surface area contributed by atoms with Crippen molar-refractivity contribution in [2.24, 2.45) is 5.92 Å². The average molecular weight is 388 g/mol. The Hall–Kier alpha value is -2.22. The van der Waals surface area contributed by atoms with Crippen LogP contribution in [0.1, 0.15) is 59.9 Å². The van der Waals surface area contributed by atoms with E-state index in [0.717, 1.165) is 43.4 Å². The first-order valence-corrected chi connectivity index (χ1v) is 10.4. The Morgan fingerprint density at radius 3 is 2.81 bits per heavy atom. The molecule has 2 amide bonds. The third-order valence-corrected chi connectivity index (χ3v) is 6.44. The zero-order valence-corrected chi connectivity index (χ0v) is 16.3. The Balaban J connectivity index is 1.46. The molecule has 2 aromatic heterocycles. The highest BCUT2D eigenvalue weighted by Crippen LogP contribution is 2.38. The van der Waals surface area contributed by atoms with Gasteiger partial charge >= 0.3 is 0 Å². The van der Waals surface area contributed by atoms with E-state index in [1.165, 1.54) is 11.3 Å². The predicted octanol–water partition coefficient (Wildman–Crippen LogP) is 2.88. The van der Waals surface area contributed by atoms with Crippen LogP contribution in [-0.4, -0.2) is 39.9 Å². The van der Waals surface area contributed by atoms with Crippen molar-refractivity contribution in [2.75, 3.05) is 13.1 Å². The molecule has 2 aliphatic rings. The van der Waals surface area contributed by atoms with Gasteiger partial charge in [-0.15, -0.1) is 11.3 Å². The van der Waals surface area contributed by atoms with Gasteiger partial charge in [-0.1, -0.05) is 24.1 Å². The minimum Gasteiger partial charge on any atom is -0.343 e. The van der Waals surface area contributed by atoms with Crippen molar-refractivity contribution in [1.29, 1.82) is 0 Å². The summed E-state index contributed by atoms with van der Waals surface area (Å²) in [6.45, 7) is 2.93. The number of thiophene rings is 1. The van der Waals surface area contributed by atoms with Gasteiger partial charge in [0.05, 0.1) is 10.8 Å². The van der Waals surface area contributed by atoms with Gasteiger partial charge in [0.1, 0.15) is 5.54 Å². The van der Waals surface area contributed by atoms with Crippen LogP contribution in [0.2, 0.25) is 0 Å². The van der Waals surface area contributed by atoms with Crippen LogP contribution in [0.15, 0.2) is 22.0 Å². The summed E-state index contributed by atoms with van der Waals surface area (Å²) in [6, 6.07) is 3.71. The topological polar surface area (TPSA) is 88.3 Å². The number of aromatic nitrogens is 2. The van der Waals surface area contributed by atoms with E-state index in [1.807, 2.05) is 17.5 Å². The van der Waals surface area contributed by atoms with Gasteiger partial charge in [0, 0.05) is 20.0 Å². The van der Waals surface area contributed by atoms with Gasteiger partial charge in [0.2, 0.25) is 11.8 Å². The molecule has 1 atom stereocenters. The number of nitrogens with one attached hydrogen (secondary N) is 1. The molecule has 1 saturated carbocycles. The van der Waals surface area contributed by atoms with Crippen molar-refractivity contribution in [3.63, 3.8) is 0 Å². The predicted molar refractivity (Wildman–Crippen MR) is 100 cm³/mol. The SMILES string of the molecule is Cc1nc(C2(NC(=O)C3CCCN(C(=O)c4cccs4)C3)CCCC2)no1. The van der Waals surface area contributed by atoms with Crippen molar-refractivity contribution in [1.82, 2.24) is 20.4 Å². The highest BCUT2D eigenvalue weighted by Gasteiger charge is 2.43. The van der Waals surface area contributed by atoms with Crippen LogP contribution in [0.5, 0.6) is 0 Å². The van der Waals surface area contributed by atoms with E-state index in [-0.39, 0.29) is 17.7 Å². The number of carbonyl (C=O) groups is 2. The lowest BCUT2D eigenvalue weighted by molar-refractivity contribution is -0.128. The maximum Gasteiger partial charge on any atom is 0.263 e. The molecule has 1 aliphatic heterocycles. The number of hydrogen-bond acceptors (Lipinski definition) is 6. The minimum absolute atomic E-state index is 0.0111. The minimum atomic E-state index is -0.533. The summed E-state index contributed by atoms with van der Waals surface area (Å²) in [6.07, 6.45) is 5.33. The second-order valence-corrected chi connectivity index (χ2v) is 8.43. The third kappa shape index (κ3) is 3.63. The lowest BCUT2D eigenvalue weighted by atomic mass is 9.92. The molecule has 0 spiro atoms. The van der Waals surface area contributed by atoms with Crippen LogP contribution in [0.3, 0.4) is 0 Å². The van der Waals surface area contributed by atoms with E-state index in [9.17, 15) is 9.59 Å².